The summed E-state index contributed by atoms with van der Waals surface area (Å²) in [6.45, 7) is 3.44. The predicted molar refractivity (Wildman–Crippen MR) is 74.0 cm³/mol. The Morgan fingerprint density at radius 3 is 3.00 bits per heavy atom. The van der Waals surface area contributed by atoms with Gasteiger partial charge in [-0.1, -0.05) is 0 Å². The summed E-state index contributed by atoms with van der Waals surface area (Å²) in [5.74, 6) is 2.93. The Morgan fingerprint density at radius 1 is 1.30 bits per heavy atom. The molecule has 1 aliphatic rings. The molecule has 3 aromatic heterocycles. The maximum absolute atomic E-state index is 5.78. The van der Waals surface area contributed by atoms with Crippen LogP contribution in [-0.2, 0) is 4.74 Å². The lowest BCUT2D eigenvalue weighted by atomic mass is 10.1. The molecule has 4 rings (SSSR count). The molecule has 3 aromatic rings. The van der Waals surface area contributed by atoms with Gasteiger partial charge >= 0.3 is 0 Å². The van der Waals surface area contributed by atoms with Gasteiger partial charge in [0.05, 0.1) is 6.61 Å². The summed E-state index contributed by atoms with van der Waals surface area (Å²) in [5.41, 5.74) is 1.73. The van der Waals surface area contributed by atoms with Gasteiger partial charge in [-0.15, -0.1) is 0 Å². The van der Waals surface area contributed by atoms with Crippen molar-refractivity contribution >= 4 is 11.2 Å². The van der Waals surface area contributed by atoms with Crippen LogP contribution in [0.15, 0.2) is 34.9 Å². The van der Waals surface area contributed by atoms with Gasteiger partial charge in [0, 0.05) is 24.8 Å². The Morgan fingerprint density at radius 2 is 2.25 bits per heavy atom. The zero-order chi connectivity index (χ0) is 13.5. The number of nitrogens with zero attached hydrogens (tertiary/aromatic N) is 3. The predicted octanol–water partition coefficient (Wildman–Crippen LogP) is 2.83. The molecule has 0 bridgehead atoms. The number of rotatable bonds is 2. The van der Waals surface area contributed by atoms with Gasteiger partial charge in [0.15, 0.2) is 5.65 Å². The number of hydrogen-bond donors (Lipinski definition) is 0. The third-order valence-corrected chi connectivity index (χ3v) is 3.68. The molecule has 0 aromatic carbocycles. The minimum Gasteiger partial charge on any atom is -0.445 e. The Hall–Kier alpha value is -2.14. The summed E-state index contributed by atoms with van der Waals surface area (Å²) in [7, 11) is 0. The van der Waals surface area contributed by atoms with Crippen molar-refractivity contribution in [3.05, 3.63) is 42.0 Å². The van der Waals surface area contributed by atoms with E-state index in [0.717, 1.165) is 41.7 Å². The largest absolute Gasteiger partial charge is 0.445 e. The van der Waals surface area contributed by atoms with E-state index >= 15 is 0 Å². The van der Waals surface area contributed by atoms with Crippen LogP contribution in [-0.4, -0.2) is 27.7 Å². The number of furan rings is 1. The number of aromatic nitrogens is 3. The molecule has 1 saturated heterocycles. The highest BCUT2D eigenvalue weighted by atomic mass is 16.5. The van der Waals surface area contributed by atoms with Gasteiger partial charge in [-0.2, -0.15) is 0 Å². The molecule has 0 N–H and O–H groups in total. The van der Waals surface area contributed by atoms with Crippen LogP contribution >= 0.6 is 0 Å². The van der Waals surface area contributed by atoms with Gasteiger partial charge in [0.25, 0.3) is 0 Å². The first-order chi connectivity index (χ1) is 9.83. The fourth-order valence-corrected chi connectivity index (χ4v) is 2.70. The molecule has 5 heteroatoms. The van der Waals surface area contributed by atoms with E-state index in [4.69, 9.17) is 14.1 Å². The number of ether oxygens (including phenoxy) is 1. The Balaban J connectivity index is 1.97. The van der Waals surface area contributed by atoms with E-state index in [-0.39, 0.29) is 0 Å². The molecule has 0 saturated carbocycles. The number of pyridine rings is 1. The van der Waals surface area contributed by atoms with Crippen molar-refractivity contribution in [2.75, 3.05) is 13.2 Å². The highest BCUT2D eigenvalue weighted by Crippen LogP contribution is 2.30. The van der Waals surface area contributed by atoms with Crippen LogP contribution < -0.4 is 0 Å². The molecule has 1 fully saturated rings. The van der Waals surface area contributed by atoms with Crippen molar-refractivity contribution in [3.63, 3.8) is 0 Å². The Labute approximate surface area is 116 Å². The van der Waals surface area contributed by atoms with E-state index in [9.17, 15) is 0 Å². The monoisotopic (exact) mass is 269 g/mol. The van der Waals surface area contributed by atoms with Crippen molar-refractivity contribution in [1.29, 1.82) is 0 Å². The second-order valence-electron chi connectivity index (χ2n) is 5.10. The molecular weight excluding hydrogens is 254 g/mol. The topological polar surface area (TPSA) is 53.1 Å². The Bertz CT molecular complexity index is 753. The summed E-state index contributed by atoms with van der Waals surface area (Å²) in [6, 6.07) is 7.80. The second kappa shape index (κ2) is 4.45. The van der Waals surface area contributed by atoms with Crippen LogP contribution in [0.5, 0.6) is 0 Å². The van der Waals surface area contributed by atoms with E-state index in [1.165, 1.54) is 0 Å². The lowest BCUT2D eigenvalue weighted by molar-refractivity contribution is 0.193. The molecule has 1 aliphatic heterocycles. The fraction of sp³-hybridized carbons (Fsp3) is 0.333. The quantitative estimate of drug-likeness (QED) is 0.718. The van der Waals surface area contributed by atoms with Crippen LogP contribution in [0.3, 0.4) is 0 Å². The van der Waals surface area contributed by atoms with E-state index in [1.807, 2.05) is 35.8 Å². The van der Waals surface area contributed by atoms with E-state index in [2.05, 4.69) is 4.98 Å². The van der Waals surface area contributed by atoms with Gasteiger partial charge in [0.1, 0.15) is 17.1 Å². The molecule has 0 amide bonds. The molecule has 102 valence electrons. The first kappa shape index (κ1) is 11.7. The van der Waals surface area contributed by atoms with Crippen molar-refractivity contribution in [2.24, 2.45) is 0 Å². The first-order valence-corrected chi connectivity index (χ1v) is 6.81. The summed E-state index contributed by atoms with van der Waals surface area (Å²) < 4.78 is 13.3. The molecule has 0 aliphatic carbocycles. The third-order valence-electron chi connectivity index (χ3n) is 3.68. The van der Waals surface area contributed by atoms with Gasteiger partial charge < -0.3 is 9.15 Å². The van der Waals surface area contributed by atoms with E-state index in [0.29, 0.717) is 12.5 Å². The van der Waals surface area contributed by atoms with Crippen LogP contribution in [0, 0.1) is 6.92 Å². The SMILES string of the molecule is Cc1ccc(-n2c(C3CCOC3)nc3cccnc32)o1. The minimum atomic E-state index is 0.301. The second-order valence-corrected chi connectivity index (χ2v) is 5.10. The lowest BCUT2D eigenvalue weighted by Gasteiger charge is -2.09. The van der Waals surface area contributed by atoms with Crippen LogP contribution in [0.1, 0.15) is 23.9 Å². The normalized spacial score (nSPS) is 18.9. The smallest absolute Gasteiger partial charge is 0.206 e. The van der Waals surface area contributed by atoms with Crippen molar-refractivity contribution in [1.82, 2.24) is 14.5 Å². The molecule has 4 heterocycles. The van der Waals surface area contributed by atoms with E-state index < -0.39 is 0 Å². The molecule has 5 nitrogen and oxygen atoms in total. The average molecular weight is 269 g/mol. The highest BCUT2D eigenvalue weighted by Gasteiger charge is 2.26. The van der Waals surface area contributed by atoms with Crippen molar-refractivity contribution in [2.45, 2.75) is 19.3 Å². The van der Waals surface area contributed by atoms with Crippen molar-refractivity contribution in [3.8, 4) is 5.88 Å². The molecule has 0 radical (unpaired) electrons. The van der Waals surface area contributed by atoms with Gasteiger partial charge in [-0.3, -0.25) is 0 Å². The van der Waals surface area contributed by atoms with Crippen LogP contribution in [0.4, 0.5) is 0 Å². The number of imidazole rings is 1. The first-order valence-electron chi connectivity index (χ1n) is 6.81. The summed E-state index contributed by atoms with van der Waals surface area (Å²) in [5, 5.41) is 0. The highest BCUT2D eigenvalue weighted by molar-refractivity contribution is 5.73. The van der Waals surface area contributed by atoms with Gasteiger partial charge in [-0.05, 0) is 31.5 Å². The average Bonchev–Trinajstić information content (AvgIpc) is 3.16. The summed E-state index contributed by atoms with van der Waals surface area (Å²) in [6.07, 6.45) is 2.77. The molecular formula is C15H15N3O2. The summed E-state index contributed by atoms with van der Waals surface area (Å²) in [4.78, 5) is 9.20. The minimum absolute atomic E-state index is 0.301. The molecule has 0 spiro atoms. The van der Waals surface area contributed by atoms with Gasteiger partial charge in [-0.25, -0.2) is 14.5 Å². The van der Waals surface area contributed by atoms with Crippen LogP contribution in [0.2, 0.25) is 0 Å². The lowest BCUT2D eigenvalue weighted by Crippen LogP contribution is -2.07. The standard InChI is InChI=1S/C15H15N3O2/c1-10-4-5-13(20-10)18-14(11-6-8-19-9-11)17-12-3-2-7-16-15(12)18/h2-5,7,11H,6,8-9H2,1H3. The zero-order valence-corrected chi connectivity index (χ0v) is 11.2. The third kappa shape index (κ3) is 1.74. The molecule has 20 heavy (non-hydrogen) atoms. The number of fused-ring (bicyclic) bond motifs is 1. The fourth-order valence-electron chi connectivity index (χ4n) is 2.70. The van der Waals surface area contributed by atoms with Gasteiger partial charge in [0.2, 0.25) is 5.88 Å². The summed E-state index contributed by atoms with van der Waals surface area (Å²) >= 11 is 0. The molecule has 1 atom stereocenters. The number of hydrogen-bond acceptors (Lipinski definition) is 4. The van der Waals surface area contributed by atoms with Crippen molar-refractivity contribution < 1.29 is 9.15 Å². The van der Waals surface area contributed by atoms with E-state index in [1.54, 1.807) is 6.20 Å². The maximum atomic E-state index is 5.78. The molecule has 1 unspecified atom stereocenters. The maximum Gasteiger partial charge on any atom is 0.206 e. The number of aryl methyl sites for hydroxylation is 1. The Kier molecular flexibility index (Phi) is 2.60. The van der Waals surface area contributed by atoms with Crippen LogP contribution in [0.25, 0.3) is 17.0 Å². The zero-order valence-electron chi connectivity index (χ0n) is 11.2.